The Balaban J connectivity index is 1.41. The predicted octanol–water partition coefficient (Wildman–Crippen LogP) is 3.62. The second kappa shape index (κ2) is 12.6. The zero-order valence-electron chi connectivity index (χ0n) is 20.2. The van der Waals surface area contributed by atoms with Crippen LogP contribution in [-0.4, -0.2) is 69.2 Å². The summed E-state index contributed by atoms with van der Waals surface area (Å²) in [5.74, 6) is 0. The number of hydrogen-bond acceptors (Lipinski definition) is 9. The Morgan fingerprint density at radius 2 is 1.49 bits per heavy atom. The molecule has 1 fully saturated rings. The molecule has 13 nitrogen and oxygen atoms in total. The Labute approximate surface area is 212 Å². The third kappa shape index (κ3) is 7.87. The largest absolute Gasteiger partial charge is 0.445 e. The van der Waals surface area contributed by atoms with E-state index in [0.29, 0.717) is 36.9 Å². The van der Waals surface area contributed by atoms with Crippen molar-refractivity contribution in [2.45, 2.75) is 44.6 Å². The third-order valence-electron chi connectivity index (χ3n) is 5.99. The third-order valence-corrected chi connectivity index (χ3v) is 5.99. The number of ether oxygens (including phenoxy) is 2. The van der Waals surface area contributed by atoms with Gasteiger partial charge in [0.25, 0.3) is 11.4 Å². The maximum absolute atomic E-state index is 12.6. The predicted molar refractivity (Wildman–Crippen MR) is 130 cm³/mol. The van der Waals surface area contributed by atoms with Gasteiger partial charge in [-0.2, -0.15) is 0 Å². The number of carbonyl (C=O) groups is 2. The van der Waals surface area contributed by atoms with Crippen molar-refractivity contribution >= 4 is 23.6 Å². The minimum absolute atomic E-state index is 0.0234. The smallest absolute Gasteiger partial charge is 0.410 e. The summed E-state index contributed by atoms with van der Waals surface area (Å²) in [5, 5.41) is 31.5. The second-order valence-electron chi connectivity index (χ2n) is 8.72. The van der Waals surface area contributed by atoms with Crippen molar-refractivity contribution < 1.29 is 34.0 Å². The van der Waals surface area contributed by atoms with Gasteiger partial charge in [-0.05, 0) is 54.7 Å². The van der Waals surface area contributed by atoms with E-state index < -0.39 is 28.1 Å². The van der Waals surface area contributed by atoms with E-state index >= 15 is 0 Å². The Morgan fingerprint density at radius 3 is 2.00 bits per heavy atom. The van der Waals surface area contributed by atoms with Crippen LogP contribution < -0.4 is 0 Å². The number of likely N-dealkylation sites (tertiary alicyclic amines) is 1. The van der Waals surface area contributed by atoms with Crippen LogP contribution in [0.15, 0.2) is 48.5 Å². The molecule has 0 saturated carbocycles. The molecule has 1 saturated heterocycles. The highest BCUT2D eigenvalue weighted by Gasteiger charge is 2.35. The minimum atomic E-state index is -0.679. The normalized spacial score (nSPS) is 16.8. The minimum Gasteiger partial charge on any atom is -0.445 e. The van der Waals surface area contributed by atoms with Gasteiger partial charge in [0.2, 0.25) is 0 Å². The quantitative estimate of drug-likeness (QED) is 0.366. The van der Waals surface area contributed by atoms with Gasteiger partial charge in [-0.1, -0.05) is 0 Å². The van der Waals surface area contributed by atoms with Crippen LogP contribution in [0, 0.1) is 20.2 Å². The first-order chi connectivity index (χ1) is 17.6. The Bertz CT molecular complexity index is 1110. The summed E-state index contributed by atoms with van der Waals surface area (Å²) in [5.41, 5.74) is 1.12. The van der Waals surface area contributed by atoms with Crippen LogP contribution in [0.4, 0.5) is 21.0 Å². The zero-order chi connectivity index (χ0) is 26.9. The Morgan fingerprint density at radius 1 is 0.973 bits per heavy atom. The van der Waals surface area contributed by atoms with Crippen LogP contribution in [0.5, 0.6) is 0 Å². The molecule has 198 valence electrons. The van der Waals surface area contributed by atoms with Gasteiger partial charge in [-0.3, -0.25) is 20.2 Å². The molecule has 0 bridgehead atoms. The van der Waals surface area contributed by atoms with E-state index in [-0.39, 0.29) is 37.2 Å². The Hall–Kier alpha value is -4.26. The summed E-state index contributed by atoms with van der Waals surface area (Å²) < 4.78 is 10.6. The molecule has 0 unspecified atom stereocenters. The highest BCUT2D eigenvalue weighted by Crippen LogP contribution is 2.24. The van der Waals surface area contributed by atoms with Gasteiger partial charge in [-0.15, -0.1) is 0 Å². The second-order valence-corrected chi connectivity index (χ2v) is 8.72. The molecular weight excluding hydrogens is 488 g/mol. The molecular formula is C24H28N4O9. The van der Waals surface area contributed by atoms with E-state index in [1.54, 1.807) is 7.05 Å². The number of nitrogens with zero attached hydrogens (tertiary/aromatic N) is 4. The lowest BCUT2D eigenvalue weighted by Crippen LogP contribution is -2.37. The van der Waals surface area contributed by atoms with E-state index in [1.807, 2.05) is 0 Å². The number of carbonyl (C=O) groups excluding carboxylic acids is 2. The zero-order valence-corrected chi connectivity index (χ0v) is 20.2. The number of amides is 2. The average molecular weight is 517 g/mol. The van der Waals surface area contributed by atoms with Crippen LogP contribution in [-0.2, 0) is 22.7 Å². The van der Waals surface area contributed by atoms with Crippen LogP contribution in [0.25, 0.3) is 0 Å². The molecule has 13 heteroatoms. The van der Waals surface area contributed by atoms with Gasteiger partial charge in [0.15, 0.2) is 0 Å². The number of nitro groups is 2. The number of hydrogen-bond donors (Lipinski definition) is 1. The van der Waals surface area contributed by atoms with Crippen molar-refractivity contribution in [1.82, 2.24) is 9.80 Å². The molecule has 37 heavy (non-hydrogen) atoms. The lowest BCUT2D eigenvalue weighted by Gasteiger charge is -2.24. The number of rotatable bonds is 10. The number of aliphatic hydroxyl groups excluding tert-OH is 1. The van der Waals surface area contributed by atoms with E-state index in [9.17, 15) is 34.9 Å². The first kappa shape index (κ1) is 27.3. The van der Waals surface area contributed by atoms with Crippen molar-refractivity contribution in [3.63, 3.8) is 0 Å². The van der Waals surface area contributed by atoms with Crippen LogP contribution in [0.1, 0.15) is 30.4 Å². The standard InChI is InChI=1S/C24H28N4O9/c1-25(23(30)36-15-17-4-8-19(9-5-17)27(32)33)12-2-3-21-13-22(29)14-26(21)24(31)37-16-18-6-10-20(11-7-18)28(34)35/h4-11,21-22,29H,2-3,12-16H2,1H3/t21-,22-/m1/s1. The summed E-state index contributed by atoms with van der Waals surface area (Å²) in [4.78, 5) is 48.1. The summed E-state index contributed by atoms with van der Waals surface area (Å²) in [6, 6.07) is 11.1. The van der Waals surface area contributed by atoms with Crippen LogP contribution >= 0.6 is 0 Å². The van der Waals surface area contributed by atoms with Crippen molar-refractivity contribution in [2.24, 2.45) is 0 Å². The first-order valence-electron chi connectivity index (χ1n) is 11.6. The van der Waals surface area contributed by atoms with Crippen molar-refractivity contribution in [2.75, 3.05) is 20.1 Å². The molecule has 1 N–H and O–H groups in total. The van der Waals surface area contributed by atoms with Crippen LogP contribution in [0.2, 0.25) is 0 Å². The van der Waals surface area contributed by atoms with Crippen molar-refractivity contribution in [3.05, 3.63) is 79.9 Å². The summed E-state index contributed by atoms with van der Waals surface area (Å²) >= 11 is 0. The highest BCUT2D eigenvalue weighted by atomic mass is 16.6. The molecule has 3 rings (SSSR count). The maximum atomic E-state index is 12.6. The molecule has 0 aliphatic carbocycles. The van der Waals surface area contributed by atoms with Gasteiger partial charge in [0, 0.05) is 43.9 Å². The number of aliphatic hydroxyl groups is 1. The van der Waals surface area contributed by atoms with Gasteiger partial charge in [0.1, 0.15) is 13.2 Å². The number of non-ortho nitro benzene ring substituents is 2. The highest BCUT2D eigenvalue weighted by molar-refractivity contribution is 5.68. The molecule has 1 aliphatic rings. The lowest BCUT2D eigenvalue weighted by atomic mass is 10.1. The molecule has 2 amide bonds. The number of β-amino-alcohol motifs (C(OH)–C–C–N with tert-alkyl or cyclic N) is 1. The lowest BCUT2D eigenvalue weighted by molar-refractivity contribution is -0.385. The summed E-state index contributed by atoms with van der Waals surface area (Å²) in [7, 11) is 1.58. The van der Waals surface area contributed by atoms with Gasteiger partial charge in [0.05, 0.1) is 22.5 Å². The molecule has 2 atom stereocenters. The van der Waals surface area contributed by atoms with Crippen molar-refractivity contribution in [3.8, 4) is 0 Å². The molecule has 0 radical (unpaired) electrons. The molecule has 1 aliphatic heterocycles. The molecule has 0 spiro atoms. The van der Waals surface area contributed by atoms with Gasteiger partial charge in [-0.25, -0.2) is 9.59 Å². The summed E-state index contributed by atoms with van der Waals surface area (Å²) in [6.45, 7) is 0.415. The SMILES string of the molecule is CN(CCC[C@@H]1C[C@@H](O)CN1C(=O)OCc1ccc([N+](=O)[O-])cc1)C(=O)OCc1ccc([N+](=O)[O-])cc1. The van der Waals surface area contributed by atoms with E-state index in [4.69, 9.17) is 9.47 Å². The average Bonchev–Trinajstić information content (AvgIpc) is 3.26. The van der Waals surface area contributed by atoms with Crippen molar-refractivity contribution in [1.29, 1.82) is 0 Å². The molecule has 1 heterocycles. The fraction of sp³-hybridized carbons (Fsp3) is 0.417. The van der Waals surface area contributed by atoms with E-state index in [0.717, 1.165) is 0 Å². The fourth-order valence-corrected chi connectivity index (χ4v) is 3.96. The monoisotopic (exact) mass is 516 g/mol. The first-order valence-corrected chi connectivity index (χ1v) is 11.6. The Kier molecular flexibility index (Phi) is 9.33. The molecule has 2 aromatic rings. The molecule has 0 aromatic heterocycles. The van der Waals surface area contributed by atoms with Gasteiger partial charge < -0.3 is 24.4 Å². The fourth-order valence-electron chi connectivity index (χ4n) is 3.96. The maximum Gasteiger partial charge on any atom is 0.410 e. The molecule has 2 aromatic carbocycles. The van der Waals surface area contributed by atoms with Crippen LogP contribution in [0.3, 0.4) is 0 Å². The topological polar surface area (TPSA) is 166 Å². The van der Waals surface area contributed by atoms with Gasteiger partial charge >= 0.3 is 12.2 Å². The van der Waals surface area contributed by atoms with E-state index in [2.05, 4.69) is 0 Å². The summed E-state index contributed by atoms with van der Waals surface area (Å²) in [6.07, 6.45) is -0.349. The number of nitro benzene ring substituents is 2. The number of benzene rings is 2. The van der Waals surface area contributed by atoms with E-state index in [1.165, 1.54) is 58.3 Å².